The maximum Gasteiger partial charge on any atom is 0.248 e. The molecule has 0 bridgehead atoms. The van der Waals surface area contributed by atoms with Crippen LogP contribution < -0.4 is 16.2 Å². The van der Waals surface area contributed by atoms with E-state index in [9.17, 15) is 13.2 Å². The monoisotopic (exact) mass is 283 g/mol. The van der Waals surface area contributed by atoms with Crippen LogP contribution >= 0.6 is 0 Å². The summed E-state index contributed by atoms with van der Waals surface area (Å²) in [5.41, 5.74) is 11.2. The van der Waals surface area contributed by atoms with E-state index >= 15 is 0 Å². The minimum atomic E-state index is -3.60. The molecule has 2 rings (SSSR count). The molecule has 2 unspecified atom stereocenters. The Hall–Kier alpha value is -1.44. The maximum atomic E-state index is 12.1. The van der Waals surface area contributed by atoms with Gasteiger partial charge in [0.05, 0.1) is 4.90 Å². The van der Waals surface area contributed by atoms with Gasteiger partial charge in [-0.05, 0) is 37.1 Å². The van der Waals surface area contributed by atoms with E-state index in [1.807, 2.05) is 0 Å². The normalized spacial score (nSPS) is 23.4. The topological polar surface area (TPSA) is 115 Å². The number of hydrogen-bond acceptors (Lipinski definition) is 4. The van der Waals surface area contributed by atoms with Crippen LogP contribution in [0.15, 0.2) is 29.2 Å². The van der Waals surface area contributed by atoms with Crippen LogP contribution in [0.1, 0.15) is 29.6 Å². The molecule has 5 N–H and O–H groups in total. The van der Waals surface area contributed by atoms with Crippen LogP contribution in [0, 0.1) is 0 Å². The molecule has 1 aromatic rings. The largest absolute Gasteiger partial charge is 0.366 e. The molecule has 0 saturated heterocycles. The van der Waals surface area contributed by atoms with Crippen molar-refractivity contribution in [3.05, 3.63) is 29.8 Å². The van der Waals surface area contributed by atoms with Crippen molar-refractivity contribution in [2.24, 2.45) is 11.5 Å². The van der Waals surface area contributed by atoms with Gasteiger partial charge in [-0.15, -0.1) is 0 Å². The van der Waals surface area contributed by atoms with Crippen LogP contribution in [0.2, 0.25) is 0 Å². The fraction of sp³-hybridized carbons (Fsp3) is 0.417. The van der Waals surface area contributed by atoms with Gasteiger partial charge in [0.2, 0.25) is 15.9 Å². The molecule has 0 radical (unpaired) electrons. The highest BCUT2D eigenvalue weighted by atomic mass is 32.2. The first-order valence-corrected chi connectivity index (χ1v) is 7.56. The van der Waals surface area contributed by atoms with Crippen molar-refractivity contribution in [1.82, 2.24) is 4.72 Å². The minimum Gasteiger partial charge on any atom is -0.366 e. The van der Waals surface area contributed by atoms with E-state index in [1.54, 1.807) is 0 Å². The highest BCUT2D eigenvalue weighted by Crippen LogP contribution is 2.20. The lowest BCUT2D eigenvalue weighted by Gasteiger charge is -2.17. The highest BCUT2D eigenvalue weighted by Gasteiger charge is 2.28. The Morgan fingerprint density at radius 2 is 1.84 bits per heavy atom. The molecule has 1 aliphatic carbocycles. The number of sulfonamides is 1. The molecule has 19 heavy (non-hydrogen) atoms. The van der Waals surface area contributed by atoms with Gasteiger partial charge in [-0.3, -0.25) is 4.79 Å². The summed E-state index contributed by atoms with van der Waals surface area (Å²) in [6, 6.07) is 5.16. The second-order valence-corrected chi connectivity index (χ2v) is 6.43. The lowest BCUT2D eigenvalue weighted by Crippen LogP contribution is -2.43. The summed E-state index contributed by atoms with van der Waals surface area (Å²) in [7, 11) is -3.60. The molecule has 0 aromatic heterocycles. The quantitative estimate of drug-likeness (QED) is 0.718. The number of nitrogens with one attached hydrogen (secondary N) is 1. The number of rotatable bonds is 4. The van der Waals surface area contributed by atoms with Crippen LogP contribution in [0.3, 0.4) is 0 Å². The lowest BCUT2D eigenvalue weighted by atomic mass is 10.2. The summed E-state index contributed by atoms with van der Waals surface area (Å²) in [6.45, 7) is 0. The Morgan fingerprint density at radius 1 is 1.21 bits per heavy atom. The Kier molecular flexibility index (Phi) is 3.88. The van der Waals surface area contributed by atoms with Crippen molar-refractivity contribution in [2.75, 3.05) is 0 Å². The van der Waals surface area contributed by atoms with E-state index in [4.69, 9.17) is 11.5 Å². The summed E-state index contributed by atoms with van der Waals surface area (Å²) in [5.74, 6) is -0.588. The molecule has 1 amide bonds. The number of nitrogens with two attached hydrogens (primary N) is 2. The maximum absolute atomic E-state index is 12.1. The zero-order valence-corrected chi connectivity index (χ0v) is 11.2. The molecular weight excluding hydrogens is 266 g/mol. The van der Waals surface area contributed by atoms with E-state index < -0.39 is 15.9 Å². The van der Waals surface area contributed by atoms with Gasteiger partial charge >= 0.3 is 0 Å². The van der Waals surface area contributed by atoms with Crippen LogP contribution in [-0.4, -0.2) is 26.4 Å². The van der Waals surface area contributed by atoms with Crippen LogP contribution in [0.25, 0.3) is 0 Å². The van der Waals surface area contributed by atoms with Crippen molar-refractivity contribution in [2.45, 2.75) is 36.2 Å². The number of carbonyl (C=O) groups is 1. The predicted molar refractivity (Wildman–Crippen MR) is 70.9 cm³/mol. The summed E-state index contributed by atoms with van der Waals surface area (Å²) in [6.07, 6.45) is 2.50. The summed E-state index contributed by atoms with van der Waals surface area (Å²) in [5, 5.41) is 0. The first-order chi connectivity index (χ1) is 8.90. The zero-order valence-electron chi connectivity index (χ0n) is 10.4. The number of hydrogen-bond donors (Lipinski definition) is 3. The van der Waals surface area contributed by atoms with Crippen LogP contribution in [0.4, 0.5) is 0 Å². The highest BCUT2D eigenvalue weighted by molar-refractivity contribution is 7.89. The Bertz CT molecular complexity index is 568. The Balaban J connectivity index is 2.17. The molecule has 104 valence electrons. The van der Waals surface area contributed by atoms with Crippen molar-refractivity contribution >= 4 is 15.9 Å². The molecule has 7 heteroatoms. The average Bonchev–Trinajstić information content (AvgIpc) is 2.74. The minimum absolute atomic E-state index is 0.108. The molecule has 6 nitrogen and oxygen atoms in total. The van der Waals surface area contributed by atoms with Gasteiger partial charge in [-0.2, -0.15) is 0 Å². The molecule has 1 aromatic carbocycles. The zero-order chi connectivity index (χ0) is 14.0. The molecule has 0 aliphatic heterocycles. The first-order valence-electron chi connectivity index (χ1n) is 6.08. The van der Waals surface area contributed by atoms with Gasteiger partial charge in [-0.1, -0.05) is 6.42 Å². The van der Waals surface area contributed by atoms with Gasteiger partial charge in [-0.25, -0.2) is 13.1 Å². The summed E-state index contributed by atoms with van der Waals surface area (Å²) in [4.78, 5) is 11.0. The SMILES string of the molecule is NC(=O)c1ccc(S(=O)(=O)NC2CCCC2N)cc1. The van der Waals surface area contributed by atoms with Crippen molar-refractivity contribution in [3.63, 3.8) is 0 Å². The number of primary amides is 1. The molecule has 0 spiro atoms. The van der Waals surface area contributed by atoms with Crippen molar-refractivity contribution < 1.29 is 13.2 Å². The summed E-state index contributed by atoms with van der Waals surface area (Å²) >= 11 is 0. The van der Waals surface area contributed by atoms with Gasteiger partial charge in [0, 0.05) is 17.6 Å². The smallest absolute Gasteiger partial charge is 0.248 e. The van der Waals surface area contributed by atoms with Gasteiger partial charge in [0.15, 0.2) is 0 Å². The van der Waals surface area contributed by atoms with Gasteiger partial charge < -0.3 is 11.5 Å². The van der Waals surface area contributed by atoms with Crippen molar-refractivity contribution in [1.29, 1.82) is 0 Å². The molecule has 1 fully saturated rings. The lowest BCUT2D eigenvalue weighted by molar-refractivity contribution is 0.1000. The van der Waals surface area contributed by atoms with E-state index in [1.165, 1.54) is 24.3 Å². The van der Waals surface area contributed by atoms with E-state index in [-0.39, 0.29) is 22.5 Å². The second kappa shape index (κ2) is 5.28. The van der Waals surface area contributed by atoms with E-state index in [0.29, 0.717) is 0 Å². The van der Waals surface area contributed by atoms with Crippen molar-refractivity contribution in [3.8, 4) is 0 Å². The molecule has 1 saturated carbocycles. The summed E-state index contributed by atoms with van der Waals surface area (Å²) < 4.78 is 26.9. The average molecular weight is 283 g/mol. The third kappa shape index (κ3) is 3.12. The number of carbonyl (C=O) groups excluding carboxylic acids is 1. The molecule has 2 atom stereocenters. The predicted octanol–water partition coefficient (Wildman–Crippen LogP) is -0.0564. The Morgan fingerprint density at radius 3 is 2.32 bits per heavy atom. The molecular formula is C12H17N3O3S. The molecule has 0 heterocycles. The van der Waals surface area contributed by atoms with E-state index in [0.717, 1.165) is 19.3 Å². The third-order valence-corrected chi connectivity index (χ3v) is 4.83. The van der Waals surface area contributed by atoms with Crippen LogP contribution in [0.5, 0.6) is 0 Å². The third-order valence-electron chi connectivity index (χ3n) is 3.33. The van der Waals surface area contributed by atoms with Crippen LogP contribution in [-0.2, 0) is 10.0 Å². The Labute approximate surface area is 112 Å². The van der Waals surface area contributed by atoms with Gasteiger partial charge in [0.1, 0.15) is 0 Å². The number of amides is 1. The van der Waals surface area contributed by atoms with E-state index in [2.05, 4.69) is 4.72 Å². The second-order valence-electron chi connectivity index (χ2n) is 4.71. The molecule has 1 aliphatic rings. The fourth-order valence-corrected chi connectivity index (χ4v) is 3.52. The number of benzene rings is 1. The standard InChI is InChI=1S/C12H17N3O3S/c13-10-2-1-3-11(10)15-19(17,18)9-6-4-8(5-7-9)12(14)16/h4-7,10-11,15H,1-3,13H2,(H2,14,16). The first kappa shape index (κ1) is 14.0. The fourth-order valence-electron chi connectivity index (χ4n) is 2.20. The van der Waals surface area contributed by atoms with Gasteiger partial charge in [0.25, 0.3) is 0 Å².